The van der Waals surface area contributed by atoms with Crippen molar-refractivity contribution in [2.75, 3.05) is 18.6 Å². The van der Waals surface area contributed by atoms with Crippen molar-refractivity contribution in [2.45, 2.75) is 5.75 Å². The van der Waals surface area contributed by atoms with Gasteiger partial charge in [-0.15, -0.1) is 0 Å². The largest absolute Gasteiger partial charge is 0.271 e. The van der Waals surface area contributed by atoms with E-state index in [1.54, 1.807) is 23.9 Å². The van der Waals surface area contributed by atoms with Gasteiger partial charge in [-0.2, -0.15) is 20.2 Å². The van der Waals surface area contributed by atoms with Gasteiger partial charge in [0.2, 0.25) is 0 Å². The standard InChI is InChI=1S/C10H14O3S2/c1-14-8-7-13-15(11,12)9-10-5-3-2-4-6-10/h2-6H,7-9H2,1H3. The molecule has 0 atom stereocenters. The lowest BCUT2D eigenvalue weighted by Crippen LogP contribution is -2.10. The van der Waals surface area contributed by atoms with Gasteiger partial charge < -0.3 is 0 Å². The Morgan fingerprint density at radius 2 is 1.93 bits per heavy atom. The van der Waals surface area contributed by atoms with Crippen molar-refractivity contribution in [3.63, 3.8) is 0 Å². The highest BCUT2D eigenvalue weighted by atomic mass is 32.2. The van der Waals surface area contributed by atoms with E-state index in [4.69, 9.17) is 4.18 Å². The molecule has 5 heteroatoms. The van der Waals surface area contributed by atoms with Crippen molar-refractivity contribution >= 4 is 21.9 Å². The Labute approximate surface area is 95.0 Å². The summed E-state index contributed by atoms with van der Waals surface area (Å²) in [5.74, 6) is 0.635. The molecule has 15 heavy (non-hydrogen) atoms. The van der Waals surface area contributed by atoms with Gasteiger partial charge in [0, 0.05) is 5.75 Å². The summed E-state index contributed by atoms with van der Waals surface area (Å²) in [5, 5.41) is 0. The molecule has 0 radical (unpaired) electrons. The van der Waals surface area contributed by atoms with Gasteiger partial charge in [-0.3, -0.25) is 4.18 Å². The first-order valence-corrected chi connectivity index (χ1v) is 7.51. The number of hydrogen-bond acceptors (Lipinski definition) is 4. The van der Waals surface area contributed by atoms with Gasteiger partial charge in [-0.1, -0.05) is 30.3 Å². The molecular formula is C10H14O3S2. The van der Waals surface area contributed by atoms with Crippen LogP contribution in [0.1, 0.15) is 5.56 Å². The maximum absolute atomic E-state index is 11.4. The minimum Gasteiger partial charge on any atom is -0.269 e. The Hall–Kier alpha value is -0.520. The minimum absolute atomic E-state index is 0.0534. The molecule has 0 saturated carbocycles. The van der Waals surface area contributed by atoms with Crippen molar-refractivity contribution in [1.82, 2.24) is 0 Å². The zero-order chi connectivity index (χ0) is 11.1. The topological polar surface area (TPSA) is 43.4 Å². The van der Waals surface area contributed by atoms with Crippen LogP contribution in [0.4, 0.5) is 0 Å². The summed E-state index contributed by atoms with van der Waals surface area (Å²) in [6.45, 7) is 0.246. The molecule has 1 aromatic rings. The van der Waals surface area contributed by atoms with Crippen LogP contribution < -0.4 is 0 Å². The summed E-state index contributed by atoms with van der Waals surface area (Å²) in [6.07, 6.45) is 1.91. The monoisotopic (exact) mass is 246 g/mol. The molecule has 0 aromatic heterocycles. The quantitative estimate of drug-likeness (QED) is 0.568. The van der Waals surface area contributed by atoms with Gasteiger partial charge in [0.15, 0.2) is 0 Å². The summed E-state index contributed by atoms with van der Waals surface area (Å²) < 4.78 is 27.7. The van der Waals surface area contributed by atoms with Crippen molar-refractivity contribution in [3.8, 4) is 0 Å². The van der Waals surface area contributed by atoms with Crippen LogP contribution in [-0.4, -0.2) is 27.0 Å². The van der Waals surface area contributed by atoms with Gasteiger partial charge in [-0.25, -0.2) is 0 Å². The summed E-state index contributed by atoms with van der Waals surface area (Å²) in [7, 11) is -3.42. The van der Waals surface area contributed by atoms with Crippen LogP contribution in [0.15, 0.2) is 30.3 Å². The third-order valence-electron chi connectivity index (χ3n) is 1.74. The second-order valence-electron chi connectivity index (χ2n) is 3.00. The fourth-order valence-electron chi connectivity index (χ4n) is 1.06. The lowest BCUT2D eigenvalue weighted by molar-refractivity contribution is 0.340. The van der Waals surface area contributed by atoms with Crippen LogP contribution >= 0.6 is 11.8 Å². The predicted octanol–water partition coefficient (Wildman–Crippen LogP) is 1.90. The van der Waals surface area contributed by atoms with Crippen molar-refractivity contribution in [3.05, 3.63) is 35.9 Å². The summed E-state index contributed by atoms with van der Waals surface area (Å²) >= 11 is 1.56. The van der Waals surface area contributed by atoms with Gasteiger partial charge in [-0.05, 0) is 11.8 Å². The van der Waals surface area contributed by atoms with Crippen LogP contribution in [0.25, 0.3) is 0 Å². The van der Waals surface area contributed by atoms with Gasteiger partial charge in [0.1, 0.15) is 5.75 Å². The fourth-order valence-corrected chi connectivity index (χ4v) is 2.44. The third kappa shape index (κ3) is 5.20. The van der Waals surface area contributed by atoms with Crippen LogP contribution in [0, 0.1) is 0 Å². The Morgan fingerprint density at radius 3 is 2.53 bits per heavy atom. The van der Waals surface area contributed by atoms with Gasteiger partial charge >= 0.3 is 0 Å². The highest BCUT2D eigenvalue weighted by Crippen LogP contribution is 2.07. The molecule has 1 aromatic carbocycles. The first-order chi connectivity index (χ1) is 7.14. The Kier molecular flexibility index (Phi) is 5.14. The molecule has 0 N–H and O–H groups in total. The van der Waals surface area contributed by atoms with Crippen molar-refractivity contribution in [1.29, 1.82) is 0 Å². The maximum Gasteiger partial charge on any atom is 0.271 e. The van der Waals surface area contributed by atoms with E-state index in [2.05, 4.69) is 0 Å². The molecule has 0 heterocycles. The first kappa shape index (κ1) is 12.5. The molecule has 1 rings (SSSR count). The van der Waals surface area contributed by atoms with Crippen molar-refractivity contribution < 1.29 is 12.6 Å². The van der Waals surface area contributed by atoms with E-state index in [0.717, 1.165) is 5.56 Å². The summed E-state index contributed by atoms with van der Waals surface area (Å²) in [6, 6.07) is 9.02. The van der Waals surface area contributed by atoms with E-state index >= 15 is 0 Å². The van der Waals surface area contributed by atoms with E-state index in [-0.39, 0.29) is 12.4 Å². The molecular weight excluding hydrogens is 232 g/mol. The van der Waals surface area contributed by atoms with Gasteiger partial charge in [0.25, 0.3) is 10.1 Å². The smallest absolute Gasteiger partial charge is 0.269 e. The van der Waals surface area contributed by atoms with Crippen LogP contribution in [-0.2, 0) is 20.1 Å². The maximum atomic E-state index is 11.4. The molecule has 3 nitrogen and oxygen atoms in total. The average molecular weight is 246 g/mol. The highest BCUT2D eigenvalue weighted by molar-refractivity contribution is 7.98. The van der Waals surface area contributed by atoms with Crippen LogP contribution in [0.3, 0.4) is 0 Å². The molecule has 0 saturated heterocycles. The molecule has 0 aliphatic carbocycles. The number of thioether (sulfide) groups is 1. The molecule has 0 bridgehead atoms. The number of hydrogen-bond donors (Lipinski definition) is 0. The van der Waals surface area contributed by atoms with Gasteiger partial charge in [0.05, 0.1) is 6.61 Å². The van der Waals surface area contributed by atoms with Crippen LogP contribution in [0.5, 0.6) is 0 Å². The number of benzene rings is 1. The summed E-state index contributed by atoms with van der Waals surface area (Å²) in [4.78, 5) is 0. The van der Waals surface area contributed by atoms with E-state index in [0.29, 0.717) is 5.75 Å². The van der Waals surface area contributed by atoms with E-state index in [9.17, 15) is 8.42 Å². The molecule has 0 unspecified atom stereocenters. The van der Waals surface area contributed by atoms with E-state index in [1.165, 1.54) is 0 Å². The lowest BCUT2D eigenvalue weighted by atomic mass is 10.2. The fraction of sp³-hybridized carbons (Fsp3) is 0.400. The molecule has 0 amide bonds. The Balaban J connectivity index is 2.50. The number of rotatable bonds is 6. The average Bonchev–Trinajstić information content (AvgIpc) is 2.18. The second-order valence-corrected chi connectivity index (χ2v) is 5.63. The highest BCUT2D eigenvalue weighted by Gasteiger charge is 2.11. The Morgan fingerprint density at radius 1 is 1.27 bits per heavy atom. The predicted molar refractivity (Wildman–Crippen MR) is 63.4 cm³/mol. The minimum atomic E-state index is -3.42. The van der Waals surface area contributed by atoms with E-state index in [1.807, 2.05) is 24.5 Å². The second kappa shape index (κ2) is 6.15. The van der Waals surface area contributed by atoms with E-state index < -0.39 is 10.1 Å². The Bertz CT molecular complexity index is 373. The molecule has 84 valence electrons. The third-order valence-corrected chi connectivity index (χ3v) is 3.52. The molecule has 0 aliphatic heterocycles. The zero-order valence-corrected chi connectivity index (χ0v) is 10.2. The molecule has 0 fully saturated rings. The lowest BCUT2D eigenvalue weighted by Gasteiger charge is -2.04. The van der Waals surface area contributed by atoms with Crippen molar-refractivity contribution in [2.24, 2.45) is 0 Å². The molecule has 0 aliphatic rings. The van der Waals surface area contributed by atoms with Crippen LogP contribution in [0.2, 0.25) is 0 Å². The SMILES string of the molecule is CSCCOS(=O)(=O)Cc1ccccc1. The zero-order valence-electron chi connectivity index (χ0n) is 8.55. The normalized spacial score (nSPS) is 11.5. The summed E-state index contributed by atoms with van der Waals surface area (Å²) in [5.41, 5.74) is 0.752. The molecule has 0 spiro atoms. The first-order valence-electron chi connectivity index (χ1n) is 4.54.